The van der Waals surface area contributed by atoms with Gasteiger partial charge in [0.1, 0.15) is 5.72 Å². The number of nitrogens with two attached hydrogens (primary N) is 1. The van der Waals surface area contributed by atoms with E-state index in [1.807, 2.05) is 0 Å². The number of aliphatic hydroxyl groups excluding tert-OH is 1. The van der Waals surface area contributed by atoms with E-state index in [4.69, 9.17) is 21.1 Å². The van der Waals surface area contributed by atoms with Crippen LogP contribution in [0.15, 0.2) is 0 Å². The highest BCUT2D eigenvalue weighted by Gasteiger charge is 2.31. The first kappa shape index (κ1) is 8.35. The average Bonchev–Trinajstić information content (AvgIpc) is 1.62. The van der Waals surface area contributed by atoms with E-state index < -0.39 is 17.8 Å². The van der Waals surface area contributed by atoms with Crippen LogP contribution < -0.4 is 5.73 Å². The molecule has 0 radical (unpaired) electrons. The summed E-state index contributed by atoms with van der Waals surface area (Å²) >= 11 is 0. The lowest BCUT2D eigenvalue weighted by molar-refractivity contribution is -0.160. The SMILES string of the molecule is CC(N)(O)C(O)C(=O)O. The molecule has 0 spiro atoms. The Bertz CT molecular complexity index is 116. The molecule has 2 unspecified atom stereocenters. The molecule has 0 saturated carbocycles. The summed E-state index contributed by atoms with van der Waals surface area (Å²) in [7, 11) is 0. The highest BCUT2D eigenvalue weighted by atomic mass is 16.4. The standard InChI is InChI=1S/C4H9NO4/c1-4(5,9)2(6)3(7)8/h2,6,9H,5H2,1H3,(H,7,8). The van der Waals surface area contributed by atoms with Crippen molar-refractivity contribution < 1.29 is 20.1 Å². The zero-order chi connectivity index (χ0) is 7.65. The minimum absolute atomic E-state index is 1.01. The Morgan fingerprint density at radius 1 is 1.78 bits per heavy atom. The molecule has 0 rings (SSSR count). The highest BCUT2D eigenvalue weighted by molar-refractivity contribution is 5.73. The Balaban J connectivity index is 4.04. The van der Waals surface area contributed by atoms with Crippen molar-refractivity contribution in [3.8, 4) is 0 Å². The molecule has 9 heavy (non-hydrogen) atoms. The van der Waals surface area contributed by atoms with Gasteiger partial charge >= 0.3 is 5.97 Å². The maximum absolute atomic E-state index is 9.86. The summed E-state index contributed by atoms with van der Waals surface area (Å²) in [5.74, 6) is -1.54. The zero-order valence-corrected chi connectivity index (χ0v) is 4.90. The Hall–Kier alpha value is -0.650. The van der Waals surface area contributed by atoms with Crippen molar-refractivity contribution in [1.82, 2.24) is 0 Å². The maximum atomic E-state index is 9.86. The Morgan fingerprint density at radius 2 is 2.11 bits per heavy atom. The summed E-state index contributed by atoms with van der Waals surface area (Å²) in [6.45, 7) is 1.01. The fourth-order valence-corrected chi connectivity index (χ4v) is 0.250. The van der Waals surface area contributed by atoms with Crippen LogP contribution in [0.2, 0.25) is 0 Å². The summed E-state index contributed by atoms with van der Waals surface area (Å²) < 4.78 is 0. The number of carbonyl (C=O) groups is 1. The maximum Gasteiger partial charge on any atom is 0.337 e. The molecule has 0 aromatic rings. The van der Waals surface area contributed by atoms with E-state index in [-0.39, 0.29) is 0 Å². The fraction of sp³-hybridized carbons (Fsp3) is 0.750. The van der Waals surface area contributed by atoms with Gasteiger partial charge in [0.2, 0.25) is 0 Å². The number of hydrogen-bond acceptors (Lipinski definition) is 4. The molecule has 0 saturated heterocycles. The van der Waals surface area contributed by atoms with E-state index in [0.29, 0.717) is 0 Å². The third kappa shape index (κ3) is 2.41. The van der Waals surface area contributed by atoms with E-state index in [2.05, 4.69) is 0 Å². The average molecular weight is 135 g/mol. The van der Waals surface area contributed by atoms with E-state index in [1.165, 1.54) is 0 Å². The first-order chi connectivity index (χ1) is 3.85. The van der Waals surface area contributed by atoms with Crippen LogP contribution in [-0.2, 0) is 4.79 Å². The quantitative estimate of drug-likeness (QED) is 0.331. The first-order valence-electron chi connectivity index (χ1n) is 2.28. The lowest BCUT2D eigenvalue weighted by atomic mass is 10.1. The second-order valence-corrected chi connectivity index (χ2v) is 1.97. The van der Waals surface area contributed by atoms with Crippen LogP contribution >= 0.6 is 0 Å². The number of carboxylic acids is 1. The van der Waals surface area contributed by atoms with Crippen molar-refractivity contribution >= 4 is 5.97 Å². The van der Waals surface area contributed by atoms with Crippen LogP contribution in [0.3, 0.4) is 0 Å². The van der Waals surface area contributed by atoms with Gasteiger partial charge in [-0.3, -0.25) is 0 Å². The van der Waals surface area contributed by atoms with Gasteiger partial charge in [0, 0.05) is 0 Å². The lowest BCUT2D eigenvalue weighted by Crippen LogP contribution is -2.51. The van der Waals surface area contributed by atoms with Crippen molar-refractivity contribution in [1.29, 1.82) is 0 Å². The molecule has 5 nitrogen and oxygen atoms in total. The molecule has 5 heteroatoms. The monoisotopic (exact) mass is 135 g/mol. The van der Waals surface area contributed by atoms with Gasteiger partial charge in [0.15, 0.2) is 6.10 Å². The minimum atomic E-state index is -2.06. The number of aliphatic hydroxyl groups is 2. The van der Waals surface area contributed by atoms with Crippen molar-refractivity contribution in [2.45, 2.75) is 18.8 Å². The van der Waals surface area contributed by atoms with Gasteiger partial charge in [-0.15, -0.1) is 0 Å². The molecule has 0 bridgehead atoms. The summed E-state index contributed by atoms with van der Waals surface area (Å²) in [6, 6.07) is 0. The molecule has 0 aromatic heterocycles. The lowest BCUT2D eigenvalue weighted by Gasteiger charge is -2.19. The van der Waals surface area contributed by atoms with Gasteiger partial charge in [-0.2, -0.15) is 0 Å². The topological polar surface area (TPSA) is 104 Å². The molecule has 0 aliphatic rings. The number of carboxylic acid groups (broad SMARTS) is 1. The van der Waals surface area contributed by atoms with Crippen LogP contribution in [0.25, 0.3) is 0 Å². The van der Waals surface area contributed by atoms with Crippen molar-refractivity contribution in [3.05, 3.63) is 0 Å². The summed E-state index contributed by atoms with van der Waals surface area (Å²) in [4.78, 5) is 9.86. The Kier molecular flexibility index (Phi) is 2.13. The van der Waals surface area contributed by atoms with Gasteiger partial charge in [0.25, 0.3) is 0 Å². The Labute approximate surface area is 51.7 Å². The summed E-state index contributed by atoms with van der Waals surface area (Å²) in [5.41, 5.74) is 2.74. The summed E-state index contributed by atoms with van der Waals surface area (Å²) in [6.07, 6.45) is -1.93. The molecule has 5 N–H and O–H groups in total. The van der Waals surface area contributed by atoms with Gasteiger partial charge in [0.05, 0.1) is 0 Å². The molecule has 54 valence electrons. The number of rotatable bonds is 2. The van der Waals surface area contributed by atoms with Crippen molar-refractivity contribution in [3.63, 3.8) is 0 Å². The molecule has 0 aliphatic carbocycles. The molecule has 0 aliphatic heterocycles. The van der Waals surface area contributed by atoms with Crippen molar-refractivity contribution in [2.24, 2.45) is 5.73 Å². The van der Waals surface area contributed by atoms with Gasteiger partial charge < -0.3 is 21.1 Å². The van der Waals surface area contributed by atoms with E-state index >= 15 is 0 Å². The first-order valence-corrected chi connectivity index (χ1v) is 2.28. The van der Waals surface area contributed by atoms with Crippen molar-refractivity contribution in [2.75, 3.05) is 0 Å². The number of hydrogen-bond donors (Lipinski definition) is 4. The van der Waals surface area contributed by atoms with Gasteiger partial charge in [-0.05, 0) is 6.92 Å². The van der Waals surface area contributed by atoms with Crippen LogP contribution in [-0.4, -0.2) is 33.1 Å². The van der Waals surface area contributed by atoms with Crippen LogP contribution in [0.4, 0.5) is 0 Å². The molecule has 0 aromatic carbocycles. The molecule has 0 amide bonds. The predicted molar refractivity (Wildman–Crippen MR) is 28.5 cm³/mol. The smallest absolute Gasteiger partial charge is 0.337 e. The number of aliphatic carboxylic acids is 1. The molecule has 0 heterocycles. The third-order valence-corrected chi connectivity index (χ3v) is 0.788. The molecule has 2 atom stereocenters. The predicted octanol–water partition coefficient (Wildman–Crippen LogP) is -1.90. The Morgan fingerprint density at radius 3 is 2.11 bits per heavy atom. The van der Waals surface area contributed by atoms with Gasteiger partial charge in [-0.25, -0.2) is 4.79 Å². The minimum Gasteiger partial charge on any atom is -0.479 e. The van der Waals surface area contributed by atoms with Crippen LogP contribution in [0.5, 0.6) is 0 Å². The molecular weight excluding hydrogens is 126 g/mol. The normalized spacial score (nSPS) is 20.4. The molecular formula is C4H9NO4. The zero-order valence-electron chi connectivity index (χ0n) is 4.90. The second kappa shape index (κ2) is 2.30. The largest absolute Gasteiger partial charge is 0.479 e. The van der Waals surface area contributed by atoms with Crippen LogP contribution in [0, 0.1) is 0 Å². The summed E-state index contributed by atoms with van der Waals surface area (Å²) in [5, 5.41) is 25.1. The van der Waals surface area contributed by atoms with E-state index in [9.17, 15) is 4.79 Å². The molecule has 0 fully saturated rings. The fourth-order valence-electron chi connectivity index (χ4n) is 0.250. The van der Waals surface area contributed by atoms with E-state index in [0.717, 1.165) is 6.92 Å². The third-order valence-electron chi connectivity index (χ3n) is 0.788. The van der Waals surface area contributed by atoms with Crippen LogP contribution in [0.1, 0.15) is 6.92 Å². The highest BCUT2D eigenvalue weighted by Crippen LogP contribution is 1.99. The van der Waals surface area contributed by atoms with E-state index in [1.54, 1.807) is 0 Å². The van der Waals surface area contributed by atoms with Gasteiger partial charge in [-0.1, -0.05) is 0 Å². The second-order valence-electron chi connectivity index (χ2n) is 1.97.